The van der Waals surface area contributed by atoms with Gasteiger partial charge in [-0.3, -0.25) is 0 Å². The van der Waals surface area contributed by atoms with Crippen LogP contribution in [0.25, 0.3) is 0 Å². The summed E-state index contributed by atoms with van der Waals surface area (Å²) in [5.74, 6) is 0.633. The fourth-order valence-corrected chi connectivity index (χ4v) is 3.66. The van der Waals surface area contributed by atoms with Crippen molar-refractivity contribution in [3.63, 3.8) is 0 Å². The first-order valence-electron chi connectivity index (χ1n) is 7.18. The summed E-state index contributed by atoms with van der Waals surface area (Å²) in [6.45, 7) is 6.93. The molecule has 1 nitrogen and oxygen atoms in total. The topological polar surface area (TPSA) is 12.0 Å². The minimum absolute atomic E-state index is 0.480. The number of piperidine rings is 1. The van der Waals surface area contributed by atoms with Crippen LogP contribution in [-0.4, -0.2) is 13.1 Å². The third-order valence-corrected chi connectivity index (χ3v) is 4.86. The molecule has 1 aliphatic rings. The zero-order valence-electron chi connectivity index (χ0n) is 11.5. The molecular weight excluding hydrogens is 242 g/mol. The summed E-state index contributed by atoms with van der Waals surface area (Å²) in [5, 5.41) is 4.40. The maximum absolute atomic E-state index is 6.00. The third kappa shape index (κ3) is 2.73. The first-order valence-corrected chi connectivity index (χ1v) is 7.56. The fourth-order valence-electron chi connectivity index (χ4n) is 3.54. The van der Waals surface area contributed by atoms with Gasteiger partial charge in [0.15, 0.2) is 0 Å². The molecule has 0 bridgehead atoms. The van der Waals surface area contributed by atoms with Gasteiger partial charge < -0.3 is 5.32 Å². The highest BCUT2D eigenvalue weighted by Gasteiger charge is 2.39. The van der Waals surface area contributed by atoms with Crippen LogP contribution in [0.5, 0.6) is 0 Å². The van der Waals surface area contributed by atoms with Crippen LogP contribution in [0.1, 0.15) is 51.0 Å². The molecule has 0 spiro atoms. The lowest BCUT2D eigenvalue weighted by atomic mass is 9.64. The van der Waals surface area contributed by atoms with Crippen molar-refractivity contribution in [3.8, 4) is 0 Å². The van der Waals surface area contributed by atoms with Crippen LogP contribution >= 0.6 is 11.6 Å². The lowest BCUT2D eigenvalue weighted by Gasteiger charge is -2.44. The van der Waals surface area contributed by atoms with Crippen molar-refractivity contribution in [1.82, 2.24) is 5.32 Å². The van der Waals surface area contributed by atoms with E-state index in [-0.39, 0.29) is 0 Å². The molecule has 2 heteroatoms. The largest absolute Gasteiger partial charge is 0.316 e. The minimum Gasteiger partial charge on any atom is -0.316 e. The van der Waals surface area contributed by atoms with Crippen molar-refractivity contribution in [2.45, 2.75) is 45.4 Å². The maximum atomic E-state index is 6.00. The summed E-state index contributed by atoms with van der Waals surface area (Å²) in [6, 6.07) is 8.47. The van der Waals surface area contributed by atoms with Gasteiger partial charge in [0.1, 0.15) is 0 Å². The van der Waals surface area contributed by atoms with E-state index < -0.39 is 0 Å². The van der Waals surface area contributed by atoms with E-state index in [1.807, 2.05) is 12.1 Å². The number of halogens is 1. The normalized spacial score (nSPS) is 28.3. The standard InChI is InChI=1S/C16H24ClN/c1-3-9-16(4-2)10-11-18-12-15(16)13-5-7-14(17)8-6-13/h5-8,15,18H,3-4,9-12H2,1-2H3. The number of benzene rings is 1. The molecule has 0 radical (unpaired) electrons. The first kappa shape index (κ1) is 13.9. The fraction of sp³-hybridized carbons (Fsp3) is 0.625. The number of rotatable bonds is 4. The minimum atomic E-state index is 0.480. The predicted octanol–water partition coefficient (Wildman–Crippen LogP) is 4.61. The Morgan fingerprint density at radius 1 is 1.28 bits per heavy atom. The zero-order chi connectivity index (χ0) is 13.0. The molecule has 1 N–H and O–H groups in total. The Hall–Kier alpha value is -0.530. The molecule has 0 saturated carbocycles. The Morgan fingerprint density at radius 3 is 2.61 bits per heavy atom. The van der Waals surface area contributed by atoms with E-state index in [0.29, 0.717) is 11.3 Å². The maximum Gasteiger partial charge on any atom is 0.0406 e. The summed E-state index contributed by atoms with van der Waals surface area (Å²) in [7, 11) is 0. The molecule has 100 valence electrons. The van der Waals surface area contributed by atoms with Crippen LogP contribution in [0.2, 0.25) is 5.02 Å². The van der Waals surface area contributed by atoms with Gasteiger partial charge in [-0.25, -0.2) is 0 Å². The molecule has 2 rings (SSSR count). The highest BCUT2D eigenvalue weighted by Crippen LogP contribution is 2.47. The number of hydrogen-bond acceptors (Lipinski definition) is 1. The van der Waals surface area contributed by atoms with Crippen molar-refractivity contribution < 1.29 is 0 Å². The zero-order valence-corrected chi connectivity index (χ0v) is 12.3. The van der Waals surface area contributed by atoms with Crippen LogP contribution in [-0.2, 0) is 0 Å². The molecule has 1 aliphatic heterocycles. The molecule has 1 aromatic carbocycles. The summed E-state index contributed by atoms with van der Waals surface area (Å²) in [6.07, 6.45) is 5.18. The second-order valence-corrected chi connectivity index (χ2v) is 5.96. The van der Waals surface area contributed by atoms with E-state index >= 15 is 0 Å². The molecule has 1 heterocycles. The molecule has 18 heavy (non-hydrogen) atoms. The lowest BCUT2D eigenvalue weighted by Crippen LogP contribution is -2.43. The highest BCUT2D eigenvalue weighted by atomic mass is 35.5. The van der Waals surface area contributed by atoms with Gasteiger partial charge in [0.05, 0.1) is 0 Å². The van der Waals surface area contributed by atoms with Gasteiger partial charge in [0.25, 0.3) is 0 Å². The van der Waals surface area contributed by atoms with Crippen LogP contribution < -0.4 is 5.32 Å². The van der Waals surface area contributed by atoms with Gasteiger partial charge in [0.2, 0.25) is 0 Å². The van der Waals surface area contributed by atoms with Gasteiger partial charge in [-0.15, -0.1) is 0 Å². The van der Waals surface area contributed by atoms with E-state index in [0.717, 1.165) is 18.1 Å². The Labute approximate surface area is 116 Å². The summed E-state index contributed by atoms with van der Waals surface area (Å²) in [4.78, 5) is 0. The summed E-state index contributed by atoms with van der Waals surface area (Å²) in [5.41, 5.74) is 1.93. The van der Waals surface area contributed by atoms with Gasteiger partial charge in [-0.05, 0) is 48.9 Å². The average Bonchev–Trinajstić information content (AvgIpc) is 2.41. The van der Waals surface area contributed by atoms with E-state index in [1.165, 1.54) is 31.2 Å². The molecule has 0 amide bonds. The lowest BCUT2D eigenvalue weighted by molar-refractivity contribution is 0.139. The molecule has 2 unspecified atom stereocenters. The second kappa shape index (κ2) is 6.08. The van der Waals surface area contributed by atoms with E-state index in [4.69, 9.17) is 11.6 Å². The quantitative estimate of drug-likeness (QED) is 0.838. The average molecular weight is 266 g/mol. The summed E-state index contributed by atoms with van der Waals surface area (Å²) < 4.78 is 0. The van der Waals surface area contributed by atoms with Crippen molar-refractivity contribution in [1.29, 1.82) is 0 Å². The number of hydrogen-bond donors (Lipinski definition) is 1. The Bertz CT molecular complexity index is 369. The Morgan fingerprint density at radius 2 is 2.00 bits per heavy atom. The molecule has 0 aliphatic carbocycles. The molecule has 0 aromatic heterocycles. The van der Waals surface area contributed by atoms with E-state index in [1.54, 1.807) is 0 Å². The van der Waals surface area contributed by atoms with Gasteiger partial charge in [-0.2, -0.15) is 0 Å². The Balaban J connectivity index is 2.29. The van der Waals surface area contributed by atoms with Crippen LogP contribution in [0.15, 0.2) is 24.3 Å². The van der Waals surface area contributed by atoms with Gasteiger partial charge in [-0.1, -0.05) is 44.0 Å². The van der Waals surface area contributed by atoms with Crippen LogP contribution in [0.4, 0.5) is 0 Å². The predicted molar refractivity (Wildman–Crippen MR) is 79.3 cm³/mol. The molecular formula is C16H24ClN. The smallest absolute Gasteiger partial charge is 0.0406 e. The molecule has 1 aromatic rings. The molecule has 1 fully saturated rings. The van der Waals surface area contributed by atoms with E-state index in [2.05, 4.69) is 31.3 Å². The highest BCUT2D eigenvalue weighted by molar-refractivity contribution is 6.30. The Kier molecular flexibility index (Phi) is 4.69. The summed E-state index contributed by atoms with van der Waals surface area (Å²) >= 11 is 6.00. The first-order chi connectivity index (χ1) is 8.72. The van der Waals surface area contributed by atoms with Crippen LogP contribution in [0.3, 0.4) is 0 Å². The van der Waals surface area contributed by atoms with Crippen molar-refractivity contribution >= 4 is 11.6 Å². The van der Waals surface area contributed by atoms with Gasteiger partial charge in [0, 0.05) is 17.5 Å². The van der Waals surface area contributed by atoms with E-state index in [9.17, 15) is 0 Å². The van der Waals surface area contributed by atoms with Crippen molar-refractivity contribution in [3.05, 3.63) is 34.9 Å². The monoisotopic (exact) mass is 265 g/mol. The van der Waals surface area contributed by atoms with Crippen molar-refractivity contribution in [2.24, 2.45) is 5.41 Å². The SMILES string of the molecule is CCCC1(CC)CCNCC1c1ccc(Cl)cc1. The molecule has 2 atom stereocenters. The van der Waals surface area contributed by atoms with Gasteiger partial charge >= 0.3 is 0 Å². The van der Waals surface area contributed by atoms with Crippen molar-refractivity contribution in [2.75, 3.05) is 13.1 Å². The van der Waals surface area contributed by atoms with Crippen LogP contribution in [0, 0.1) is 5.41 Å². The molecule has 1 saturated heterocycles. The second-order valence-electron chi connectivity index (χ2n) is 5.52. The number of nitrogens with one attached hydrogen (secondary N) is 1. The third-order valence-electron chi connectivity index (χ3n) is 4.61.